The van der Waals surface area contributed by atoms with Gasteiger partial charge in [0.2, 0.25) is 11.8 Å². The van der Waals surface area contributed by atoms with Crippen LogP contribution in [0.1, 0.15) is 69.6 Å². The molecule has 1 aliphatic carbocycles. The number of likely N-dealkylation sites (tertiary alicyclic amines) is 1. The highest BCUT2D eigenvalue weighted by atomic mass is 32.1. The van der Waals surface area contributed by atoms with Gasteiger partial charge in [0.1, 0.15) is 17.3 Å². The van der Waals surface area contributed by atoms with Gasteiger partial charge in [0, 0.05) is 35.9 Å². The van der Waals surface area contributed by atoms with E-state index in [1.165, 1.54) is 21.7 Å². The fourth-order valence-electron chi connectivity index (χ4n) is 6.63. The summed E-state index contributed by atoms with van der Waals surface area (Å²) in [5.74, 6) is 0.781. The van der Waals surface area contributed by atoms with Crippen molar-refractivity contribution in [2.45, 2.75) is 88.9 Å². The predicted molar refractivity (Wildman–Crippen MR) is 155 cm³/mol. The van der Waals surface area contributed by atoms with E-state index >= 15 is 0 Å². The molecule has 1 aromatic carbocycles. The van der Waals surface area contributed by atoms with Crippen LogP contribution >= 0.6 is 11.3 Å². The highest BCUT2D eigenvalue weighted by Gasteiger charge is 2.55. The molecule has 0 bridgehead atoms. The molecular formula is C31H43N3O4S. The number of unbranched alkanes of at least 4 members (excludes halogenated alkanes) is 1. The van der Waals surface area contributed by atoms with Crippen LogP contribution in [-0.4, -0.2) is 71.1 Å². The van der Waals surface area contributed by atoms with Crippen LogP contribution in [-0.2, 0) is 16.1 Å². The maximum atomic E-state index is 13.8. The number of aliphatic hydroxyl groups is 1. The van der Waals surface area contributed by atoms with Crippen molar-refractivity contribution >= 4 is 23.2 Å². The molecule has 5 rings (SSSR count). The maximum Gasteiger partial charge on any atom is 0.248 e. The van der Waals surface area contributed by atoms with Gasteiger partial charge in [-0.25, -0.2) is 0 Å². The number of thiophene rings is 1. The quantitative estimate of drug-likeness (QED) is 0.465. The van der Waals surface area contributed by atoms with Crippen LogP contribution in [0.25, 0.3) is 10.4 Å². The van der Waals surface area contributed by atoms with Gasteiger partial charge in [-0.2, -0.15) is 0 Å². The summed E-state index contributed by atoms with van der Waals surface area (Å²) in [5, 5.41) is 14.2. The number of carbonyl (C=O) groups excluding carboxylic acids is 2. The maximum absolute atomic E-state index is 13.8. The van der Waals surface area contributed by atoms with E-state index in [4.69, 9.17) is 4.74 Å². The minimum atomic E-state index is -0.816. The number of methoxy groups -OCH3 is 1. The largest absolute Gasteiger partial charge is 0.497 e. The first-order chi connectivity index (χ1) is 18.9. The molecule has 2 saturated heterocycles. The van der Waals surface area contributed by atoms with Crippen LogP contribution in [0.5, 0.6) is 5.75 Å². The molecule has 1 aromatic heterocycles. The topological polar surface area (TPSA) is 82.1 Å². The zero-order chi connectivity index (χ0) is 27.4. The molecule has 0 unspecified atom stereocenters. The van der Waals surface area contributed by atoms with E-state index in [-0.39, 0.29) is 17.7 Å². The number of benzene rings is 1. The first-order valence-corrected chi connectivity index (χ1v) is 15.5. The minimum absolute atomic E-state index is 0.0735. The molecule has 2 aliphatic heterocycles. The second-order valence-corrected chi connectivity index (χ2v) is 12.7. The standard InChI is InChI=1S/C31H43N3O4S/c1-3-4-18-34-29(36)27(28(35)23-8-6-5-7-9-23)32-30(37)31(34)16-19-33(20-17-31)21-25-14-15-26(39-25)22-10-12-24(38-2)13-11-22/h10-15,23,27-28,35H,3-9,16-21H2,1-2H3,(H,32,37)/t27-,28-/m1/s1. The summed E-state index contributed by atoms with van der Waals surface area (Å²) in [6, 6.07) is 11.7. The summed E-state index contributed by atoms with van der Waals surface area (Å²) in [7, 11) is 1.68. The van der Waals surface area contributed by atoms with Crippen LogP contribution in [0, 0.1) is 5.92 Å². The molecule has 8 heteroatoms. The summed E-state index contributed by atoms with van der Waals surface area (Å²) < 4.78 is 5.28. The number of nitrogens with one attached hydrogen (secondary N) is 1. The van der Waals surface area contributed by atoms with Gasteiger partial charge < -0.3 is 20.1 Å². The molecule has 3 heterocycles. The third kappa shape index (κ3) is 5.88. The first kappa shape index (κ1) is 28.1. The van der Waals surface area contributed by atoms with Gasteiger partial charge in [0.15, 0.2) is 0 Å². The van der Waals surface area contributed by atoms with Gasteiger partial charge in [-0.3, -0.25) is 14.5 Å². The van der Waals surface area contributed by atoms with E-state index in [0.717, 1.165) is 63.9 Å². The van der Waals surface area contributed by atoms with Gasteiger partial charge in [-0.1, -0.05) is 32.6 Å². The molecular weight excluding hydrogens is 510 g/mol. The molecule has 1 spiro atoms. The lowest BCUT2D eigenvalue weighted by Crippen LogP contribution is -2.75. The van der Waals surface area contributed by atoms with Crippen molar-refractivity contribution in [3.8, 4) is 16.2 Å². The van der Waals surface area contributed by atoms with Crippen molar-refractivity contribution in [1.82, 2.24) is 15.1 Å². The van der Waals surface area contributed by atoms with Gasteiger partial charge >= 0.3 is 0 Å². The summed E-state index contributed by atoms with van der Waals surface area (Å²) in [6.07, 6.45) is 7.47. The van der Waals surface area contributed by atoms with E-state index in [2.05, 4.69) is 41.4 Å². The lowest BCUT2D eigenvalue weighted by atomic mass is 9.78. The number of aliphatic hydroxyl groups excluding tert-OH is 1. The van der Waals surface area contributed by atoms with Gasteiger partial charge in [-0.05, 0) is 80.0 Å². The molecule has 2 atom stereocenters. The van der Waals surface area contributed by atoms with E-state index in [1.54, 1.807) is 18.4 Å². The first-order valence-electron chi connectivity index (χ1n) is 14.7. The number of piperazine rings is 1. The van der Waals surface area contributed by atoms with E-state index in [1.807, 2.05) is 17.0 Å². The Morgan fingerprint density at radius 2 is 1.79 bits per heavy atom. The monoisotopic (exact) mass is 553 g/mol. The summed E-state index contributed by atoms with van der Waals surface area (Å²) in [4.78, 5) is 34.3. The molecule has 3 fully saturated rings. The second-order valence-electron chi connectivity index (χ2n) is 11.5. The molecule has 3 aliphatic rings. The van der Waals surface area contributed by atoms with Crippen LogP contribution in [0.2, 0.25) is 0 Å². The lowest BCUT2D eigenvalue weighted by molar-refractivity contribution is -0.166. The SMILES string of the molecule is CCCCN1C(=O)[C@@H]([C@H](O)C2CCCCC2)NC(=O)C12CCN(Cc1ccc(-c3ccc(OC)cc3)s1)CC2. The number of hydrogen-bond donors (Lipinski definition) is 2. The van der Waals surface area contributed by atoms with Crippen LogP contribution in [0.3, 0.4) is 0 Å². The van der Waals surface area contributed by atoms with Gasteiger partial charge in [0.05, 0.1) is 13.2 Å². The van der Waals surface area contributed by atoms with Crippen molar-refractivity contribution in [2.24, 2.45) is 5.92 Å². The third-order valence-electron chi connectivity index (χ3n) is 9.07. The fraction of sp³-hybridized carbons (Fsp3) is 0.613. The Morgan fingerprint density at radius 3 is 2.46 bits per heavy atom. The van der Waals surface area contributed by atoms with Gasteiger partial charge in [0.25, 0.3) is 0 Å². The molecule has 2 aromatic rings. The minimum Gasteiger partial charge on any atom is -0.497 e. The lowest BCUT2D eigenvalue weighted by Gasteiger charge is -2.52. The zero-order valence-electron chi connectivity index (χ0n) is 23.4. The Morgan fingerprint density at radius 1 is 1.08 bits per heavy atom. The Bertz CT molecular complexity index is 1120. The van der Waals surface area contributed by atoms with Crippen LogP contribution < -0.4 is 10.1 Å². The Hall–Kier alpha value is -2.42. The molecule has 212 valence electrons. The molecule has 7 nitrogen and oxygen atoms in total. The summed E-state index contributed by atoms with van der Waals surface area (Å²) in [5.41, 5.74) is 0.369. The van der Waals surface area contributed by atoms with Crippen molar-refractivity contribution in [3.05, 3.63) is 41.3 Å². The van der Waals surface area contributed by atoms with E-state index in [0.29, 0.717) is 19.4 Å². The van der Waals surface area contributed by atoms with E-state index in [9.17, 15) is 14.7 Å². The van der Waals surface area contributed by atoms with Crippen molar-refractivity contribution in [3.63, 3.8) is 0 Å². The second kappa shape index (κ2) is 12.4. The fourth-order valence-corrected chi connectivity index (χ4v) is 7.69. The number of piperidine rings is 1. The highest BCUT2D eigenvalue weighted by Crippen LogP contribution is 2.37. The number of ether oxygens (including phenoxy) is 1. The third-order valence-corrected chi connectivity index (χ3v) is 10.2. The molecule has 2 amide bonds. The Balaban J connectivity index is 1.25. The number of hydrogen-bond acceptors (Lipinski definition) is 6. The Kier molecular flexibility index (Phi) is 8.94. The molecule has 39 heavy (non-hydrogen) atoms. The average Bonchev–Trinajstić information content (AvgIpc) is 3.44. The van der Waals surface area contributed by atoms with Gasteiger partial charge in [-0.15, -0.1) is 11.3 Å². The van der Waals surface area contributed by atoms with Crippen LogP contribution in [0.4, 0.5) is 0 Å². The van der Waals surface area contributed by atoms with E-state index < -0.39 is 17.7 Å². The number of amides is 2. The zero-order valence-corrected chi connectivity index (χ0v) is 24.2. The predicted octanol–water partition coefficient (Wildman–Crippen LogP) is 4.83. The Labute approximate surface area is 236 Å². The number of carbonyl (C=O) groups is 2. The number of rotatable bonds is 9. The number of nitrogens with zero attached hydrogens (tertiary/aromatic N) is 2. The normalized spacial score (nSPS) is 23.2. The summed E-state index contributed by atoms with van der Waals surface area (Å²) >= 11 is 1.80. The molecule has 2 N–H and O–H groups in total. The average molecular weight is 554 g/mol. The smallest absolute Gasteiger partial charge is 0.248 e. The summed E-state index contributed by atoms with van der Waals surface area (Å²) in [6.45, 7) is 5.04. The molecule has 1 saturated carbocycles. The highest BCUT2D eigenvalue weighted by molar-refractivity contribution is 7.15. The molecule has 0 radical (unpaired) electrons. The van der Waals surface area contributed by atoms with Crippen molar-refractivity contribution < 1.29 is 19.4 Å². The van der Waals surface area contributed by atoms with Crippen LogP contribution in [0.15, 0.2) is 36.4 Å². The van der Waals surface area contributed by atoms with Crippen molar-refractivity contribution in [1.29, 1.82) is 0 Å². The van der Waals surface area contributed by atoms with Crippen molar-refractivity contribution in [2.75, 3.05) is 26.7 Å².